The molecule has 34 heavy (non-hydrogen) atoms. The Morgan fingerprint density at radius 1 is 0.912 bits per heavy atom. The highest BCUT2D eigenvalue weighted by atomic mass is 15.3. The topological polar surface area (TPSA) is 106 Å². The zero-order chi connectivity index (χ0) is 25.9. The predicted octanol–water partition coefficient (Wildman–Crippen LogP) is 6.73. The SMILES string of the molecule is CC.CC.CC.CCC.N#Cc1cccc(-c2cc3nc(Cc4ccccn4)nn3c(N)n2)c1. The summed E-state index contributed by atoms with van der Waals surface area (Å²) in [6, 6.07) is 16.8. The fraction of sp³-hybridized carbons (Fsp3) is 0.370. The Bertz CT molecular complexity index is 1110. The Morgan fingerprint density at radius 3 is 2.18 bits per heavy atom. The molecule has 7 heteroatoms. The number of benzene rings is 1. The minimum absolute atomic E-state index is 0.245. The van der Waals surface area contributed by atoms with Crippen molar-refractivity contribution in [2.45, 2.75) is 68.2 Å². The number of nitrogens with two attached hydrogens (primary N) is 1. The zero-order valence-corrected chi connectivity index (χ0v) is 21.9. The van der Waals surface area contributed by atoms with Crippen LogP contribution in [0.5, 0.6) is 0 Å². The largest absolute Gasteiger partial charge is 0.368 e. The van der Waals surface area contributed by atoms with Crippen molar-refractivity contribution in [2.75, 3.05) is 5.73 Å². The summed E-state index contributed by atoms with van der Waals surface area (Å²) >= 11 is 0. The van der Waals surface area contributed by atoms with Gasteiger partial charge in [0, 0.05) is 23.5 Å². The summed E-state index contributed by atoms with van der Waals surface area (Å²) < 4.78 is 1.51. The van der Waals surface area contributed by atoms with Crippen molar-refractivity contribution >= 4 is 11.6 Å². The number of rotatable bonds is 3. The summed E-state index contributed by atoms with van der Waals surface area (Å²) in [7, 11) is 0. The van der Waals surface area contributed by atoms with E-state index >= 15 is 0 Å². The molecule has 4 aromatic rings. The van der Waals surface area contributed by atoms with E-state index in [0.29, 0.717) is 29.1 Å². The van der Waals surface area contributed by atoms with Gasteiger partial charge in [-0.05, 0) is 24.3 Å². The molecule has 0 aliphatic carbocycles. The van der Waals surface area contributed by atoms with Gasteiger partial charge in [0.05, 0.1) is 23.7 Å². The first kappa shape index (κ1) is 30.2. The number of fused-ring (bicyclic) bond motifs is 1. The van der Waals surface area contributed by atoms with Crippen LogP contribution in [-0.2, 0) is 6.42 Å². The van der Waals surface area contributed by atoms with Crippen LogP contribution >= 0.6 is 0 Å². The number of hydrogen-bond acceptors (Lipinski definition) is 6. The Labute approximate surface area is 204 Å². The summed E-state index contributed by atoms with van der Waals surface area (Å²) in [5.74, 6) is 0.866. The van der Waals surface area contributed by atoms with Crippen LogP contribution in [0.15, 0.2) is 54.7 Å². The average molecular weight is 462 g/mol. The summed E-state index contributed by atoms with van der Waals surface area (Å²) in [6.45, 7) is 16.2. The molecule has 3 heterocycles. The maximum absolute atomic E-state index is 9.05. The molecule has 0 spiro atoms. The fourth-order valence-electron chi connectivity index (χ4n) is 2.59. The number of aromatic nitrogens is 5. The van der Waals surface area contributed by atoms with E-state index in [1.165, 1.54) is 10.9 Å². The maximum Gasteiger partial charge on any atom is 0.223 e. The summed E-state index contributed by atoms with van der Waals surface area (Å²) in [4.78, 5) is 13.2. The smallest absolute Gasteiger partial charge is 0.223 e. The number of hydrogen-bond donors (Lipinski definition) is 1. The lowest BCUT2D eigenvalue weighted by atomic mass is 10.1. The lowest BCUT2D eigenvalue weighted by Gasteiger charge is -2.03. The third-order valence-corrected chi connectivity index (χ3v) is 3.75. The van der Waals surface area contributed by atoms with Crippen LogP contribution in [0.25, 0.3) is 16.9 Å². The van der Waals surface area contributed by atoms with Crippen LogP contribution in [0, 0.1) is 11.3 Å². The van der Waals surface area contributed by atoms with E-state index in [0.717, 1.165) is 11.3 Å². The zero-order valence-electron chi connectivity index (χ0n) is 21.9. The monoisotopic (exact) mass is 461 g/mol. The van der Waals surface area contributed by atoms with Crippen molar-refractivity contribution in [1.82, 2.24) is 24.6 Å². The average Bonchev–Trinajstić information content (AvgIpc) is 3.32. The molecule has 0 saturated carbocycles. The Kier molecular flexibility index (Phi) is 15.8. The van der Waals surface area contributed by atoms with E-state index in [-0.39, 0.29) is 5.95 Å². The van der Waals surface area contributed by atoms with Crippen LogP contribution in [0.2, 0.25) is 0 Å². The normalized spacial score (nSPS) is 8.91. The lowest BCUT2D eigenvalue weighted by molar-refractivity contribution is 0.879. The summed E-state index contributed by atoms with van der Waals surface area (Å²) in [6.07, 6.45) is 3.50. The molecule has 4 rings (SSSR count). The van der Waals surface area contributed by atoms with Crippen molar-refractivity contribution < 1.29 is 0 Å². The first-order chi connectivity index (χ1) is 16.6. The molecule has 0 amide bonds. The van der Waals surface area contributed by atoms with E-state index in [9.17, 15) is 0 Å². The van der Waals surface area contributed by atoms with E-state index < -0.39 is 0 Å². The van der Waals surface area contributed by atoms with Crippen molar-refractivity contribution in [2.24, 2.45) is 0 Å². The molecule has 0 aliphatic heterocycles. The Hall–Kier alpha value is -3.79. The molecule has 182 valence electrons. The highest BCUT2D eigenvalue weighted by molar-refractivity contribution is 5.66. The van der Waals surface area contributed by atoms with Crippen molar-refractivity contribution in [1.29, 1.82) is 5.26 Å². The maximum atomic E-state index is 9.05. The molecule has 0 unspecified atom stereocenters. The second kappa shape index (κ2) is 17.7. The van der Waals surface area contributed by atoms with Crippen LogP contribution in [0.3, 0.4) is 0 Å². The van der Waals surface area contributed by atoms with Crippen LogP contribution < -0.4 is 5.73 Å². The van der Waals surface area contributed by atoms with Gasteiger partial charge in [-0.25, -0.2) is 9.97 Å². The third-order valence-electron chi connectivity index (χ3n) is 3.75. The van der Waals surface area contributed by atoms with Gasteiger partial charge in [-0.2, -0.15) is 9.78 Å². The molecule has 2 N–H and O–H groups in total. The molecule has 0 radical (unpaired) electrons. The van der Waals surface area contributed by atoms with E-state index in [4.69, 9.17) is 11.0 Å². The summed E-state index contributed by atoms with van der Waals surface area (Å²) in [5.41, 5.74) is 9.55. The second-order valence-corrected chi connectivity index (χ2v) is 6.20. The molecule has 0 atom stereocenters. The van der Waals surface area contributed by atoms with E-state index in [2.05, 4.69) is 40.0 Å². The molecule has 0 fully saturated rings. The van der Waals surface area contributed by atoms with Crippen LogP contribution in [0.1, 0.15) is 78.9 Å². The van der Waals surface area contributed by atoms with Gasteiger partial charge < -0.3 is 5.73 Å². The minimum atomic E-state index is 0.245. The van der Waals surface area contributed by atoms with Gasteiger partial charge in [-0.1, -0.05) is 80.0 Å². The third kappa shape index (κ3) is 8.99. The lowest BCUT2D eigenvalue weighted by Crippen LogP contribution is -2.03. The van der Waals surface area contributed by atoms with Gasteiger partial charge in [-0.15, -0.1) is 5.10 Å². The highest BCUT2D eigenvalue weighted by Crippen LogP contribution is 2.21. The number of anilines is 1. The standard InChI is InChI=1S/C18H13N7.C3H8.3C2H6/c19-11-12-4-3-5-13(8-12)15-10-17-23-16(24-25(17)18(20)22-15)9-14-6-1-2-7-21-14;1-3-2;3*1-2/h1-8,10H,9H2,(H2,20,22);3H2,1-2H3;3*1-2H3. The van der Waals surface area contributed by atoms with Crippen molar-refractivity contribution in [3.8, 4) is 17.3 Å². The van der Waals surface area contributed by atoms with Gasteiger partial charge in [0.1, 0.15) is 0 Å². The molecular weight excluding hydrogens is 422 g/mol. The molecule has 1 aromatic carbocycles. The van der Waals surface area contributed by atoms with Gasteiger partial charge in [0.15, 0.2) is 11.5 Å². The Morgan fingerprint density at radius 2 is 1.59 bits per heavy atom. The van der Waals surface area contributed by atoms with Gasteiger partial charge in [-0.3, -0.25) is 4.98 Å². The minimum Gasteiger partial charge on any atom is -0.368 e. The van der Waals surface area contributed by atoms with E-state index in [1.807, 2.05) is 77.9 Å². The van der Waals surface area contributed by atoms with Gasteiger partial charge in [0.25, 0.3) is 0 Å². The Balaban J connectivity index is 0.00000108. The van der Waals surface area contributed by atoms with Gasteiger partial charge in [0.2, 0.25) is 5.95 Å². The quantitative estimate of drug-likeness (QED) is 0.363. The van der Waals surface area contributed by atoms with E-state index in [1.54, 1.807) is 18.3 Å². The number of nitrogens with zero attached hydrogens (tertiary/aromatic N) is 6. The van der Waals surface area contributed by atoms with Crippen molar-refractivity contribution in [3.63, 3.8) is 0 Å². The number of nitriles is 1. The predicted molar refractivity (Wildman–Crippen MR) is 142 cm³/mol. The first-order valence-electron chi connectivity index (χ1n) is 12.1. The molecule has 7 nitrogen and oxygen atoms in total. The molecule has 3 aromatic heterocycles. The number of nitrogen functional groups attached to an aromatic ring is 1. The molecule has 0 aliphatic rings. The fourth-order valence-corrected chi connectivity index (χ4v) is 2.59. The molecular formula is C27H39N7. The van der Waals surface area contributed by atoms with Crippen LogP contribution in [-0.4, -0.2) is 24.6 Å². The van der Waals surface area contributed by atoms with Crippen molar-refractivity contribution in [3.05, 3.63) is 71.8 Å². The molecule has 0 bridgehead atoms. The summed E-state index contributed by atoms with van der Waals surface area (Å²) in [5, 5.41) is 13.5. The van der Waals surface area contributed by atoms with Crippen LogP contribution in [0.4, 0.5) is 5.95 Å². The highest BCUT2D eigenvalue weighted by Gasteiger charge is 2.11. The second-order valence-electron chi connectivity index (χ2n) is 6.20. The first-order valence-corrected chi connectivity index (χ1v) is 12.1. The number of pyridine rings is 1. The molecule has 0 saturated heterocycles. The van der Waals surface area contributed by atoms with Gasteiger partial charge >= 0.3 is 0 Å².